The average molecular weight is 404 g/mol. The number of benzene rings is 1. The van der Waals surface area contributed by atoms with Gasteiger partial charge in [-0.05, 0) is 37.7 Å². The van der Waals surface area contributed by atoms with Gasteiger partial charge in [0.05, 0.1) is 18.7 Å². The molecule has 2 aliphatic rings. The first-order valence-electron chi connectivity index (χ1n) is 10.7. The summed E-state index contributed by atoms with van der Waals surface area (Å²) in [6.07, 6.45) is 3.27. The first kappa shape index (κ1) is 21.6. The van der Waals surface area contributed by atoms with Crippen LogP contribution in [0.1, 0.15) is 51.0 Å². The zero-order valence-corrected chi connectivity index (χ0v) is 17.2. The van der Waals surface area contributed by atoms with E-state index in [9.17, 15) is 14.7 Å². The number of ether oxygens (including phenoxy) is 1. The number of likely N-dealkylation sites (tertiary alicyclic amines) is 1. The van der Waals surface area contributed by atoms with E-state index >= 15 is 0 Å². The number of nitrogens with zero attached hydrogens (tertiary/aromatic N) is 2. The van der Waals surface area contributed by atoms with Crippen LogP contribution < -0.4 is 5.73 Å². The van der Waals surface area contributed by atoms with Crippen molar-refractivity contribution in [2.45, 2.75) is 76.3 Å². The van der Waals surface area contributed by atoms with Crippen LogP contribution in [0.2, 0.25) is 0 Å². The fraction of sp³-hybridized carbons (Fsp3) is 0.636. The lowest BCUT2D eigenvalue weighted by Crippen LogP contribution is -2.57. The summed E-state index contributed by atoms with van der Waals surface area (Å²) in [4.78, 5) is 28.7. The van der Waals surface area contributed by atoms with Gasteiger partial charge in [0.1, 0.15) is 6.61 Å². The molecular formula is C22H33N3O4. The van der Waals surface area contributed by atoms with Gasteiger partial charge >= 0.3 is 6.09 Å². The second-order valence-corrected chi connectivity index (χ2v) is 8.08. The van der Waals surface area contributed by atoms with Crippen molar-refractivity contribution in [3.05, 3.63) is 35.9 Å². The topological polar surface area (TPSA) is 96.1 Å². The van der Waals surface area contributed by atoms with Crippen molar-refractivity contribution < 1.29 is 19.4 Å². The molecule has 160 valence electrons. The molecule has 7 heteroatoms. The quantitative estimate of drug-likeness (QED) is 0.786. The minimum atomic E-state index is -0.815. The summed E-state index contributed by atoms with van der Waals surface area (Å²) >= 11 is 0. The van der Waals surface area contributed by atoms with Gasteiger partial charge < -0.3 is 25.4 Å². The SMILES string of the molecule is CCC(=O)N(C1CCCC1N)C1CCCN(C(=O)OCc2ccccc2)CC1O. The van der Waals surface area contributed by atoms with Crippen molar-refractivity contribution in [2.24, 2.45) is 5.73 Å². The summed E-state index contributed by atoms with van der Waals surface area (Å²) in [5.74, 6) is 0.0245. The molecule has 1 aliphatic heterocycles. The highest BCUT2D eigenvalue weighted by molar-refractivity contribution is 5.77. The maximum Gasteiger partial charge on any atom is 0.410 e. The van der Waals surface area contributed by atoms with Crippen LogP contribution in [0, 0.1) is 0 Å². The number of β-amino-alcohol motifs (C(OH)–C–C–N with tert-alkyl or cyclic N) is 1. The largest absolute Gasteiger partial charge is 0.445 e. The number of aliphatic hydroxyl groups excluding tert-OH is 1. The van der Waals surface area contributed by atoms with Crippen molar-refractivity contribution >= 4 is 12.0 Å². The predicted octanol–water partition coefficient (Wildman–Crippen LogP) is 2.27. The second-order valence-electron chi connectivity index (χ2n) is 8.08. The van der Waals surface area contributed by atoms with E-state index in [-0.39, 0.29) is 37.2 Å². The number of hydrogen-bond donors (Lipinski definition) is 2. The fourth-order valence-corrected chi connectivity index (χ4v) is 4.54. The van der Waals surface area contributed by atoms with Gasteiger partial charge in [-0.3, -0.25) is 4.79 Å². The Kier molecular flexibility index (Phi) is 7.50. The Labute approximate surface area is 172 Å². The Bertz CT molecular complexity index is 684. The minimum absolute atomic E-state index is 0.0245. The molecule has 29 heavy (non-hydrogen) atoms. The Morgan fingerprint density at radius 1 is 1.17 bits per heavy atom. The molecule has 0 aromatic heterocycles. The highest BCUT2D eigenvalue weighted by Crippen LogP contribution is 2.29. The maximum atomic E-state index is 12.7. The zero-order chi connectivity index (χ0) is 20.8. The summed E-state index contributed by atoms with van der Waals surface area (Å²) < 4.78 is 5.43. The van der Waals surface area contributed by atoms with Gasteiger partial charge in [0.2, 0.25) is 5.91 Å². The van der Waals surface area contributed by atoms with E-state index in [4.69, 9.17) is 10.5 Å². The van der Waals surface area contributed by atoms with Crippen LogP contribution in [0.4, 0.5) is 4.79 Å². The van der Waals surface area contributed by atoms with Gasteiger partial charge in [-0.15, -0.1) is 0 Å². The lowest BCUT2D eigenvalue weighted by atomic mass is 9.99. The lowest BCUT2D eigenvalue weighted by Gasteiger charge is -2.40. The van der Waals surface area contributed by atoms with Crippen molar-refractivity contribution in [1.29, 1.82) is 0 Å². The van der Waals surface area contributed by atoms with E-state index in [0.717, 1.165) is 24.8 Å². The fourth-order valence-electron chi connectivity index (χ4n) is 4.54. The van der Waals surface area contributed by atoms with Gasteiger partial charge in [0.15, 0.2) is 0 Å². The molecule has 1 aliphatic carbocycles. The van der Waals surface area contributed by atoms with Gasteiger partial charge in [0, 0.05) is 25.0 Å². The number of hydrogen-bond acceptors (Lipinski definition) is 5. The van der Waals surface area contributed by atoms with E-state index in [1.54, 1.807) is 4.90 Å². The van der Waals surface area contributed by atoms with Gasteiger partial charge in [0.25, 0.3) is 0 Å². The standard InChI is InChI=1S/C22H33N3O4/c1-2-21(27)25(18-11-6-10-17(18)23)19-12-7-13-24(14-20(19)26)22(28)29-15-16-8-4-3-5-9-16/h3-5,8-9,17-20,26H,2,6-7,10-15,23H2,1H3. The van der Waals surface area contributed by atoms with Crippen molar-refractivity contribution in [1.82, 2.24) is 9.80 Å². The molecule has 3 N–H and O–H groups in total. The molecule has 3 rings (SSSR count). The lowest BCUT2D eigenvalue weighted by molar-refractivity contribution is -0.139. The molecule has 0 radical (unpaired) electrons. The third-order valence-electron chi connectivity index (χ3n) is 6.08. The summed E-state index contributed by atoms with van der Waals surface area (Å²) in [6.45, 7) is 2.71. The van der Waals surface area contributed by atoms with Crippen molar-refractivity contribution in [2.75, 3.05) is 13.1 Å². The van der Waals surface area contributed by atoms with Gasteiger partial charge in [-0.1, -0.05) is 37.3 Å². The van der Waals surface area contributed by atoms with Crippen LogP contribution in [0.3, 0.4) is 0 Å². The van der Waals surface area contributed by atoms with Crippen LogP contribution in [0.15, 0.2) is 30.3 Å². The minimum Gasteiger partial charge on any atom is -0.445 e. The first-order valence-corrected chi connectivity index (χ1v) is 10.7. The average Bonchev–Trinajstić information content (AvgIpc) is 3.05. The van der Waals surface area contributed by atoms with Crippen LogP contribution in [0.25, 0.3) is 0 Å². The Morgan fingerprint density at radius 3 is 2.55 bits per heavy atom. The number of amides is 2. The Balaban J connectivity index is 1.64. The molecule has 2 amide bonds. The zero-order valence-electron chi connectivity index (χ0n) is 17.2. The van der Waals surface area contributed by atoms with Crippen LogP contribution in [0.5, 0.6) is 0 Å². The van der Waals surface area contributed by atoms with Crippen molar-refractivity contribution in [3.63, 3.8) is 0 Å². The van der Waals surface area contributed by atoms with Gasteiger partial charge in [-0.25, -0.2) is 4.79 Å². The molecule has 1 aromatic rings. The first-order chi connectivity index (χ1) is 14.0. The van der Waals surface area contributed by atoms with Crippen molar-refractivity contribution in [3.8, 4) is 0 Å². The molecule has 1 heterocycles. The number of carbonyl (C=O) groups excluding carboxylic acids is 2. The van der Waals surface area contributed by atoms with Crippen LogP contribution in [-0.4, -0.2) is 64.2 Å². The summed E-state index contributed by atoms with van der Waals surface area (Å²) in [5, 5.41) is 10.9. The molecule has 2 fully saturated rings. The normalized spacial score (nSPS) is 27.3. The summed E-state index contributed by atoms with van der Waals surface area (Å²) in [5.41, 5.74) is 7.19. The number of aliphatic hydroxyl groups is 1. The molecule has 4 unspecified atom stereocenters. The molecule has 1 saturated heterocycles. The third kappa shape index (κ3) is 5.28. The van der Waals surface area contributed by atoms with Gasteiger partial charge in [-0.2, -0.15) is 0 Å². The molecule has 1 aromatic carbocycles. The van der Waals surface area contributed by atoms with E-state index in [1.165, 1.54) is 0 Å². The molecular weight excluding hydrogens is 370 g/mol. The highest BCUT2D eigenvalue weighted by atomic mass is 16.6. The molecule has 7 nitrogen and oxygen atoms in total. The number of rotatable bonds is 5. The Morgan fingerprint density at radius 2 is 1.90 bits per heavy atom. The van der Waals surface area contributed by atoms with E-state index < -0.39 is 12.2 Å². The second kappa shape index (κ2) is 10.1. The monoisotopic (exact) mass is 403 g/mol. The van der Waals surface area contributed by atoms with E-state index in [1.807, 2.05) is 42.2 Å². The summed E-state index contributed by atoms with van der Waals surface area (Å²) in [6, 6.07) is 9.12. The smallest absolute Gasteiger partial charge is 0.410 e. The van der Waals surface area contributed by atoms with E-state index in [0.29, 0.717) is 25.8 Å². The number of nitrogens with two attached hydrogens (primary N) is 1. The molecule has 4 atom stereocenters. The molecule has 1 saturated carbocycles. The predicted molar refractivity (Wildman–Crippen MR) is 110 cm³/mol. The third-order valence-corrected chi connectivity index (χ3v) is 6.08. The maximum absolute atomic E-state index is 12.7. The number of carbonyl (C=O) groups is 2. The highest BCUT2D eigenvalue weighted by Gasteiger charge is 2.40. The molecule has 0 spiro atoms. The van der Waals surface area contributed by atoms with Crippen LogP contribution >= 0.6 is 0 Å². The Hall–Kier alpha value is -2.12. The van der Waals surface area contributed by atoms with E-state index in [2.05, 4.69) is 0 Å². The summed E-state index contributed by atoms with van der Waals surface area (Å²) in [7, 11) is 0. The molecule has 0 bridgehead atoms. The van der Waals surface area contributed by atoms with Crippen LogP contribution in [-0.2, 0) is 16.1 Å².